The van der Waals surface area contributed by atoms with Gasteiger partial charge in [-0.1, -0.05) is 152 Å². The van der Waals surface area contributed by atoms with Crippen LogP contribution in [0.1, 0.15) is 22.3 Å². The van der Waals surface area contributed by atoms with E-state index < -0.39 is 5.41 Å². The highest BCUT2D eigenvalue weighted by Gasteiger charge is 2.51. The van der Waals surface area contributed by atoms with Gasteiger partial charge in [0.1, 0.15) is 11.0 Å². The highest BCUT2D eigenvalue weighted by Crippen LogP contribution is 2.63. The second kappa shape index (κ2) is 11.5. The number of benzene rings is 7. The molecule has 51 heavy (non-hydrogen) atoms. The van der Waals surface area contributed by atoms with E-state index in [9.17, 15) is 0 Å². The van der Waals surface area contributed by atoms with Crippen LogP contribution in [0.3, 0.4) is 0 Å². The SMILES string of the molecule is C=C/C=c1/oc2ccccc2/c1=C/N(c1ccc(-c2ccccc2)cc1)c1ccc2c(c1)C1(c3ccccc3-c3ccccc31)c1ccccc1-2. The van der Waals surface area contributed by atoms with Gasteiger partial charge in [0.2, 0.25) is 0 Å². The summed E-state index contributed by atoms with van der Waals surface area (Å²) in [5.41, 5.74) is 16.2. The van der Waals surface area contributed by atoms with E-state index in [4.69, 9.17) is 4.42 Å². The number of nitrogens with zero attached hydrogens (tertiary/aromatic N) is 1. The Morgan fingerprint density at radius 3 is 1.67 bits per heavy atom. The molecule has 2 aliphatic carbocycles. The first-order chi connectivity index (χ1) is 25.3. The number of hydrogen-bond donors (Lipinski definition) is 0. The summed E-state index contributed by atoms with van der Waals surface area (Å²) in [5.74, 6) is 0. The second-order valence-electron chi connectivity index (χ2n) is 13.3. The van der Waals surface area contributed by atoms with Crippen LogP contribution >= 0.6 is 0 Å². The Balaban J connectivity index is 1.25. The van der Waals surface area contributed by atoms with Crippen molar-refractivity contribution in [2.24, 2.45) is 0 Å². The van der Waals surface area contributed by atoms with Crippen LogP contribution in [0.4, 0.5) is 11.4 Å². The van der Waals surface area contributed by atoms with Crippen molar-refractivity contribution in [2.45, 2.75) is 5.41 Å². The number of rotatable bonds is 5. The number of para-hydroxylation sites is 1. The van der Waals surface area contributed by atoms with E-state index in [0.717, 1.165) is 33.0 Å². The third-order valence-corrected chi connectivity index (χ3v) is 10.7. The van der Waals surface area contributed by atoms with Gasteiger partial charge < -0.3 is 9.32 Å². The van der Waals surface area contributed by atoms with Crippen LogP contribution in [0.25, 0.3) is 56.6 Å². The minimum Gasteiger partial charge on any atom is -0.456 e. The van der Waals surface area contributed by atoms with Gasteiger partial charge in [0.05, 0.1) is 5.41 Å². The van der Waals surface area contributed by atoms with Crippen LogP contribution in [0.2, 0.25) is 0 Å². The maximum atomic E-state index is 6.38. The molecule has 1 heterocycles. The number of allylic oxidation sites excluding steroid dienone is 1. The highest BCUT2D eigenvalue weighted by atomic mass is 16.3. The summed E-state index contributed by atoms with van der Waals surface area (Å²) >= 11 is 0. The van der Waals surface area contributed by atoms with Gasteiger partial charge in [-0.2, -0.15) is 0 Å². The minimum atomic E-state index is -0.428. The van der Waals surface area contributed by atoms with E-state index >= 15 is 0 Å². The van der Waals surface area contributed by atoms with Crippen LogP contribution in [-0.2, 0) is 5.41 Å². The zero-order valence-electron chi connectivity index (χ0n) is 28.0. The summed E-state index contributed by atoms with van der Waals surface area (Å²) in [5, 5.41) is 2.06. The van der Waals surface area contributed by atoms with Gasteiger partial charge in [-0.05, 0) is 92.0 Å². The maximum absolute atomic E-state index is 6.38. The van der Waals surface area contributed by atoms with Crippen molar-refractivity contribution in [3.63, 3.8) is 0 Å². The van der Waals surface area contributed by atoms with Crippen molar-refractivity contribution in [3.8, 4) is 33.4 Å². The van der Waals surface area contributed by atoms with Crippen LogP contribution in [-0.4, -0.2) is 0 Å². The summed E-state index contributed by atoms with van der Waals surface area (Å²) in [6.45, 7) is 3.99. The zero-order valence-corrected chi connectivity index (χ0v) is 28.0. The maximum Gasteiger partial charge on any atom is 0.136 e. The molecule has 2 nitrogen and oxygen atoms in total. The van der Waals surface area contributed by atoms with Gasteiger partial charge in [0.25, 0.3) is 0 Å². The fourth-order valence-electron chi connectivity index (χ4n) is 8.55. The molecule has 8 aromatic rings. The molecular weight excluding hydrogens is 619 g/mol. The van der Waals surface area contributed by atoms with Gasteiger partial charge in [-0.25, -0.2) is 0 Å². The Bertz CT molecular complexity index is 2710. The molecule has 2 aliphatic rings. The largest absolute Gasteiger partial charge is 0.456 e. The first-order valence-corrected chi connectivity index (χ1v) is 17.5. The lowest BCUT2D eigenvalue weighted by Gasteiger charge is -2.31. The third-order valence-electron chi connectivity index (χ3n) is 10.7. The molecule has 240 valence electrons. The molecular formula is C49H33NO. The van der Waals surface area contributed by atoms with Crippen molar-refractivity contribution in [1.29, 1.82) is 0 Å². The number of furan rings is 1. The van der Waals surface area contributed by atoms with E-state index in [1.807, 2.05) is 18.2 Å². The fraction of sp³-hybridized carbons (Fsp3) is 0.0204. The summed E-state index contributed by atoms with van der Waals surface area (Å²) in [6, 6.07) is 61.5. The molecule has 7 aromatic carbocycles. The number of fused-ring (bicyclic) bond motifs is 11. The van der Waals surface area contributed by atoms with Crippen molar-refractivity contribution < 1.29 is 4.42 Å². The van der Waals surface area contributed by atoms with E-state index in [1.54, 1.807) is 6.08 Å². The average Bonchev–Trinajstić information content (AvgIpc) is 3.81. The molecule has 10 rings (SSSR count). The van der Waals surface area contributed by atoms with E-state index in [0.29, 0.717) is 0 Å². The predicted molar refractivity (Wildman–Crippen MR) is 211 cm³/mol. The molecule has 0 saturated heterocycles. The van der Waals surface area contributed by atoms with E-state index in [1.165, 1.54) is 55.6 Å². The van der Waals surface area contributed by atoms with Crippen molar-refractivity contribution >= 4 is 34.6 Å². The van der Waals surface area contributed by atoms with Crippen LogP contribution in [0.15, 0.2) is 187 Å². The van der Waals surface area contributed by atoms with Crippen LogP contribution in [0, 0.1) is 0 Å². The van der Waals surface area contributed by atoms with Crippen molar-refractivity contribution in [3.05, 3.63) is 215 Å². The molecule has 0 N–H and O–H groups in total. The Kier molecular flexibility index (Phi) is 6.59. The summed E-state index contributed by atoms with van der Waals surface area (Å²) < 4.78 is 6.38. The average molecular weight is 652 g/mol. The lowest BCUT2D eigenvalue weighted by molar-refractivity contribution is 0.575. The third kappa shape index (κ3) is 4.30. The molecule has 0 fully saturated rings. The van der Waals surface area contributed by atoms with Crippen LogP contribution < -0.4 is 15.5 Å². The lowest BCUT2D eigenvalue weighted by atomic mass is 9.70. The molecule has 0 unspecified atom stereocenters. The Hall–Kier alpha value is -6.64. The van der Waals surface area contributed by atoms with Gasteiger partial charge in [0, 0.05) is 28.2 Å². The van der Waals surface area contributed by atoms with Crippen LogP contribution in [0.5, 0.6) is 0 Å². The quantitative estimate of drug-likeness (QED) is 0.184. The molecule has 0 radical (unpaired) electrons. The Labute approximate surface area is 297 Å². The summed E-state index contributed by atoms with van der Waals surface area (Å²) in [4.78, 5) is 2.32. The standard InChI is InChI=1S/C49H33NO/c1-2-14-47-42(41-20-9-13-24-48(41)51-47)32-50(35-27-25-34(26-28-35)33-15-4-3-5-16-33)36-29-30-40-39-19-8-12-23-45(39)49(46(40)31-36)43-21-10-6-17-37(43)38-18-7-11-22-44(38)49/h2-32H,1H2/b42-32-,47-14+. The molecule has 1 aromatic heterocycles. The molecule has 1 spiro atoms. The lowest BCUT2D eigenvalue weighted by Crippen LogP contribution is -2.27. The Morgan fingerprint density at radius 2 is 1.02 bits per heavy atom. The fourth-order valence-corrected chi connectivity index (χ4v) is 8.55. The zero-order chi connectivity index (χ0) is 33.9. The minimum absolute atomic E-state index is 0.428. The molecule has 0 atom stereocenters. The molecule has 0 amide bonds. The van der Waals surface area contributed by atoms with Crippen molar-refractivity contribution in [1.82, 2.24) is 0 Å². The predicted octanol–water partition coefficient (Wildman–Crippen LogP) is 11.0. The molecule has 0 saturated carbocycles. The highest BCUT2D eigenvalue weighted by molar-refractivity contribution is 5.96. The van der Waals surface area contributed by atoms with E-state index in [-0.39, 0.29) is 0 Å². The first kappa shape index (κ1) is 29.3. The number of hydrogen-bond acceptors (Lipinski definition) is 2. The second-order valence-corrected chi connectivity index (χ2v) is 13.3. The van der Waals surface area contributed by atoms with Gasteiger partial charge in [0.15, 0.2) is 0 Å². The monoisotopic (exact) mass is 651 g/mol. The van der Waals surface area contributed by atoms with Gasteiger partial charge in [-0.15, -0.1) is 0 Å². The number of anilines is 2. The Morgan fingerprint density at radius 1 is 0.490 bits per heavy atom. The normalized spacial score (nSPS) is 14.0. The summed E-state index contributed by atoms with van der Waals surface area (Å²) in [7, 11) is 0. The van der Waals surface area contributed by atoms with Gasteiger partial charge in [-0.3, -0.25) is 0 Å². The van der Waals surface area contributed by atoms with Gasteiger partial charge >= 0.3 is 0 Å². The smallest absolute Gasteiger partial charge is 0.136 e. The molecule has 0 aliphatic heterocycles. The summed E-state index contributed by atoms with van der Waals surface area (Å²) in [6.07, 6.45) is 5.97. The topological polar surface area (TPSA) is 16.4 Å². The first-order valence-electron chi connectivity index (χ1n) is 17.5. The van der Waals surface area contributed by atoms with Crippen molar-refractivity contribution in [2.75, 3.05) is 4.90 Å². The van der Waals surface area contributed by atoms with E-state index in [2.05, 4.69) is 175 Å². The molecule has 2 heteroatoms. The molecule has 0 bridgehead atoms.